The Hall–Kier alpha value is -2.81. The minimum Gasteiger partial charge on any atom is -0.363 e. The lowest BCUT2D eigenvalue weighted by Crippen LogP contribution is -2.28. The van der Waals surface area contributed by atoms with E-state index >= 15 is 0 Å². The minimum atomic E-state index is 0.510. The molecule has 2 N–H and O–H groups in total. The van der Waals surface area contributed by atoms with Crippen molar-refractivity contribution >= 4 is 57.5 Å². The summed E-state index contributed by atoms with van der Waals surface area (Å²) in [5, 5.41) is 12.2. The van der Waals surface area contributed by atoms with Crippen LogP contribution >= 0.6 is 35.4 Å². The number of halogens is 2. The monoisotopic (exact) mass is 457 g/mol. The lowest BCUT2D eigenvalue weighted by molar-refractivity contribution is 0.687. The predicted molar refractivity (Wildman–Crippen MR) is 124 cm³/mol. The molecule has 4 rings (SSSR count). The van der Waals surface area contributed by atoms with E-state index in [1.54, 1.807) is 23.1 Å². The highest BCUT2D eigenvalue weighted by molar-refractivity contribution is 7.80. The van der Waals surface area contributed by atoms with Gasteiger partial charge in [0.1, 0.15) is 11.3 Å². The average molecular weight is 458 g/mol. The maximum absolute atomic E-state index is 6.08. The minimum absolute atomic E-state index is 0.510. The van der Waals surface area contributed by atoms with Crippen LogP contribution in [0, 0.1) is 0 Å². The van der Waals surface area contributed by atoms with E-state index in [-0.39, 0.29) is 0 Å². The molecular formula is C20H17Cl2N7S. The molecule has 1 aromatic carbocycles. The quantitative estimate of drug-likeness (QED) is 0.425. The molecule has 4 aromatic rings. The number of rotatable bonds is 5. The van der Waals surface area contributed by atoms with E-state index in [2.05, 4.69) is 30.7 Å². The summed E-state index contributed by atoms with van der Waals surface area (Å²) >= 11 is 17.4. The van der Waals surface area contributed by atoms with Gasteiger partial charge in [-0.25, -0.2) is 9.97 Å². The molecule has 3 aromatic heterocycles. The molecule has 0 aliphatic rings. The molecule has 0 atom stereocenters. The van der Waals surface area contributed by atoms with Gasteiger partial charge in [0.15, 0.2) is 10.8 Å². The maximum atomic E-state index is 6.08. The van der Waals surface area contributed by atoms with Gasteiger partial charge in [-0.05, 0) is 55.0 Å². The van der Waals surface area contributed by atoms with Crippen molar-refractivity contribution in [3.63, 3.8) is 0 Å². The average Bonchev–Trinajstić information content (AvgIpc) is 3.15. The van der Waals surface area contributed by atoms with Crippen molar-refractivity contribution in [2.75, 3.05) is 11.9 Å². The van der Waals surface area contributed by atoms with Crippen LogP contribution < -0.4 is 10.6 Å². The molecule has 7 nitrogen and oxygen atoms in total. The van der Waals surface area contributed by atoms with Crippen LogP contribution in [0.2, 0.25) is 10.0 Å². The Bertz CT molecular complexity index is 1200. The number of nitrogens with one attached hydrogen (secondary N) is 2. The third-order valence-electron chi connectivity index (χ3n) is 4.18. The normalized spacial score (nSPS) is 10.9. The molecule has 0 spiro atoms. The third-order valence-corrected chi connectivity index (χ3v) is 4.86. The Balaban J connectivity index is 1.57. The topological polar surface area (TPSA) is 80.5 Å². The first-order valence-electron chi connectivity index (χ1n) is 9.16. The molecular weight excluding hydrogens is 441 g/mol. The highest BCUT2D eigenvalue weighted by atomic mass is 35.5. The standard InChI is InChI=1S/C20H17Cl2N7S/c1-2-23-20(30)28-18-4-3-16-19(27-18)26-17(9-24-16)13-8-25-29(11-13)10-12-5-14(21)7-15(22)6-12/h3-9,11H,2,10H2,1H3,(H2,23,26,27,28,30). The van der Waals surface area contributed by atoms with E-state index in [1.807, 2.05) is 37.4 Å². The van der Waals surface area contributed by atoms with Crippen molar-refractivity contribution < 1.29 is 0 Å². The first kappa shape index (κ1) is 20.5. The van der Waals surface area contributed by atoms with Gasteiger partial charge in [0.25, 0.3) is 0 Å². The fourth-order valence-corrected chi connectivity index (χ4v) is 3.72. The van der Waals surface area contributed by atoms with Gasteiger partial charge in [-0.2, -0.15) is 5.10 Å². The Morgan fingerprint density at radius 1 is 1.10 bits per heavy atom. The fourth-order valence-electron chi connectivity index (χ4n) is 2.90. The Morgan fingerprint density at radius 2 is 1.90 bits per heavy atom. The Kier molecular flexibility index (Phi) is 6.08. The number of hydrogen-bond acceptors (Lipinski definition) is 5. The second-order valence-electron chi connectivity index (χ2n) is 6.48. The van der Waals surface area contributed by atoms with E-state index in [9.17, 15) is 0 Å². The zero-order valence-electron chi connectivity index (χ0n) is 15.9. The van der Waals surface area contributed by atoms with Crippen LogP contribution in [0.1, 0.15) is 12.5 Å². The van der Waals surface area contributed by atoms with Crippen LogP contribution in [0.4, 0.5) is 5.82 Å². The van der Waals surface area contributed by atoms with E-state index in [1.165, 1.54) is 0 Å². The molecule has 0 amide bonds. The zero-order valence-corrected chi connectivity index (χ0v) is 18.3. The van der Waals surface area contributed by atoms with E-state index in [0.717, 1.165) is 17.7 Å². The number of thiocarbonyl (C=S) groups is 1. The Labute approximate surface area is 188 Å². The molecule has 0 aliphatic heterocycles. The van der Waals surface area contributed by atoms with Crippen LogP contribution in [0.3, 0.4) is 0 Å². The number of aromatic nitrogens is 5. The van der Waals surface area contributed by atoms with Crippen LogP contribution in [-0.2, 0) is 6.54 Å². The number of anilines is 1. The Morgan fingerprint density at radius 3 is 2.67 bits per heavy atom. The van der Waals surface area contributed by atoms with Crippen LogP contribution in [0.5, 0.6) is 0 Å². The maximum Gasteiger partial charge on any atom is 0.180 e. The highest BCUT2D eigenvalue weighted by Gasteiger charge is 2.09. The molecule has 0 saturated carbocycles. The third kappa shape index (κ3) is 4.84. The molecule has 0 unspecified atom stereocenters. The van der Waals surface area contributed by atoms with Gasteiger partial charge < -0.3 is 10.6 Å². The molecule has 0 fully saturated rings. The van der Waals surface area contributed by atoms with Gasteiger partial charge in [0.2, 0.25) is 0 Å². The molecule has 152 valence electrons. The smallest absolute Gasteiger partial charge is 0.180 e. The number of benzene rings is 1. The zero-order chi connectivity index (χ0) is 21.1. The largest absolute Gasteiger partial charge is 0.363 e. The van der Waals surface area contributed by atoms with E-state index < -0.39 is 0 Å². The number of pyridine rings is 1. The molecule has 3 heterocycles. The van der Waals surface area contributed by atoms with Crippen LogP contribution in [-0.4, -0.2) is 36.4 Å². The predicted octanol–water partition coefficient (Wildman–Crippen LogP) is 4.55. The first-order chi connectivity index (χ1) is 14.5. The second-order valence-corrected chi connectivity index (χ2v) is 7.76. The summed E-state index contributed by atoms with van der Waals surface area (Å²) in [6, 6.07) is 9.09. The van der Waals surface area contributed by atoms with Gasteiger partial charge in [-0.1, -0.05) is 23.2 Å². The number of fused-ring (bicyclic) bond motifs is 1. The molecule has 30 heavy (non-hydrogen) atoms. The van der Waals surface area contributed by atoms with Crippen molar-refractivity contribution in [2.24, 2.45) is 0 Å². The molecule has 10 heteroatoms. The lowest BCUT2D eigenvalue weighted by Gasteiger charge is -2.08. The van der Waals surface area contributed by atoms with Gasteiger partial charge >= 0.3 is 0 Å². The first-order valence-corrected chi connectivity index (χ1v) is 10.3. The number of hydrogen-bond donors (Lipinski definition) is 2. The summed E-state index contributed by atoms with van der Waals surface area (Å²) < 4.78 is 1.80. The molecule has 0 bridgehead atoms. The lowest BCUT2D eigenvalue weighted by atomic mass is 10.2. The van der Waals surface area contributed by atoms with Gasteiger partial charge in [-0.15, -0.1) is 0 Å². The second kappa shape index (κ2) is 8.91. The van der Waals surface area contributed by atoms with Gasteiger partial charge in [0, 0.05) is 28.4 Å². The summed E-state index contributed by atoms with van der Waals surface area (Å²) in [5.41, 5.74) is 3.68. The molecule has 0 saturated heterocycles. The number of nitrogens with zero attached hydrogens (tertiary/aromatic N) is 5. The van der Waals surface area contributed by atoms with Crippen molar-refractivity contribution in [2.45, 2.75) is 13.5 Å². The van der Waals surface area contributed by atoms with Gasteiger partial charge in [0.05, 0.1) is 24.6 Å². The summed E-state index contributed by atoms with van der Waals surface area (Å²) in [6.45, 7) is 3.24. The molecule has 0 radical (unpaired) electrons. The van der Waals surface area contributed by atoms with Crippen molar-refractivity contribution in [1.29, 1.82) is 0 Å². The van der Waals surface area contributed by atoms with Crippen molar-refractivity contribution in [3.8, 4) is 11.3 Å². The summed E-state index contributed by atoms with van der Waals surface area (Å²) in [4.78, 5) is 13.6. The highest BCUT2D eigenvalue weighted by Crippen LogP contribution is 2.22. The van der Waals surface area contributed by atoms with Gasteiger partial charge in [-0.3, -0.25) is 9.67 Å². The van der Waals surface area contributed by atoms with E-state index in [0.29, 0.717) is 44.4 Å². The van der Waals surface area contributed by atoms with E-state index in [4.69, 9.17) is 35.4 Å². The summed E-state index contributed by atoms with van der Waals surface area (Å²) in [6.07, 6.45) is 5.34. The fraction of sp³-hybridized carbons (Fsp3) is 0.150. The summed E-state index contributed by atoms with van der Waals surface area (Å²) in [7, 11) is 0. The summed E-state index contributed by atoms with van der Waals surface area (Å²) in [5.74, 6) is 0.605. The van der Waals surface area contributed by atoms with Crippen molar-refractivity contribution in [1.82, 2.24) is 30.0 Å². The SMILES string of the molecule is CCNC(=S)Nc1ccc2ncc(-c3cnn(Cc4cc(Cl)cc(Cl)c4)c3)nc2n1. The molecule has 0 aliphatic carbocycles. The van der Waals surface area contributed by atoms with Crippen molar-refractivity contribution in [3.05, 3.63) is 64.5 Å². The van der Waals surface area contributed by atoms with Crippen LogP contribution in [0.25, 0.3) is 22.4 Å². The van der Waals surface area contributed by atoms with Crippen LogP contribution in [0.15, 0.2) is 48.9 Å².